The van der Waals surface area contributed by atoms with E-state index in [4.69, 9.17) is 4.42 Å². The van der Waals surface area contributed by atoms with Crippen LogP contribution in [0.25, 0.3) is 72.1 Å². The van der Waals surface area contributed by atoms with E-state index in [1.807, 2.05) is 0 Å². The van der Waals surface area contributed by atoms with Crippen molar-refractivity contribution in [2.45, 2.75) is 51.5 Å². The standard InChI is InChI=1S/C48H41N3OSi/c1-47(2,3)31-20-22-32(23-21-31)50-41-27-19-30-13-7-8-14-34(30)44(41)51-46(50)43-39(26-25-36-35-15-10-12-18-42(35)52-45(36)43)48(51)38-17-11-9-16-37(38)40-28-24-33(29-49(40)48)53(4,5)6/h7-29H,1-6H3/q+2. The summed E-state index contributed by atoms with van der Waals surface area (Å²) in [6.45, 7) is 14.2. The van der Waals surface area contributed by atoms with E-state index in [0.717, 1.165) is 39.0 Å². The molecule has 9 aromatic rings. The predicted octanol–water partition coefficient (Wildman–Crippen LogP) is 10.4. The predicted molar refractivity (Wildman–Crippen MR) is 219 cm³/mol. The molecule has 1 unspecified atom stereocenters. The summed E-state index contributed by atoms with van der Waals surface area (Å²) < 4.78 is 14.8. The number of imidazole rings is 1. The highest BCUT2D eigenvalue weighted by Gasteiger charge is 2.67. The quantitative estimate of drug-likeness (QED) is 0.130. The molecular weight excluding hydrogens is 663 g/mol. The summed E-state index contributed by atoms with van der Waals surface area (Å²) in [4.78, 5) is 0. The van der Waals surface area contributed by atoms with Crippen molar-refractivity contribution in [3.05, 3.63) is 156 Å². The number of para-hydroxylation sites is 1. The third-order valence-electron chi connectivity index (χ3n) is 12.0. The van der Waals surface area contributed by atoms with E-state index in [1.165, 1.54) is 54.9 Å². The molecule has 4 nitrogen and oxygen atoms in total. The Balaban J connectivity index is 1.41. The second-order valence-corrected chi connectivity index (χ2v) is 22.1. The highest BCUT2D eigenvalue weighted by Crippen LogP contribution is 2.52. The van der Waals surface area contributed by atoms with Crippen LogP contribution in [0.5, 0.6) is 0 Å². The monoisotopic (exact) mass is 703 g/mol. The second-order valence-electron chi connectivity index (χ2n) is 17.0. The van der Waals surface area contributed by atoms with E-state index >= 15 is 0 Å². The molecule has 53 heavy (non-hydrogen) atoms. The van der Waals surface area contributed by atoms with Gasteiger partial charge in [-0.05, 0) is 77.0 Å². The van der Waals surface area contributed by atoms with Crippen molar-refractivity contribution in [2.75, 3.05) is 0 Å². The first kappa shape index (κ1) is 30.8. The lowest BCUT2D eigenvalue weighted by molar-refractivity contribution is -0.944. The zero-order chi connectivity index (χ0) is 36.0. The van der Waals surface area contributed by atoms with E-state index in [-0.39, 0.29) is 5.41 Å². The van der Waals surface area contributed by atoms with Crippen LogP contribution < -0.4 is 14.3 Å². The minimum atomic E-state index is -1.72. The third kappa shape index (κ3) is 3.90. The van der Waals surface area contributed by atoms with Crippen molar-refractivity contribution in [3.8, 4) is 28.3 Å². The van der Waals surface area contributed by atoms with Gasteiger partial charge in [0.1, 0.15) is 16.8 Å². The Bertz CT molecular complexity index is 3030. The van der Waals surface area contributed by atoms with Crippen molar-refractivity contribution in [1.82, 2.24) is 4.57 Å². The number of benzene rings is 6. The first-order valence-corrected chi connectivity index (χ1v) is 22.3. The number of rotatable bonds is 2. The maximum absolute atomic E-state index is 7.02. The lowest BCUT2D eigenvalue weighted by Gasteiger charge is -2.22. The molecule has 0 fully saturated rings. The van der Waals surface area contributed by atoms with E-state index in [1.54, 1.807) is 0 Å². The summed E-state index contributed by atoms with van der Waals surface area (Å²) in [5, 5.41) is 6.17. The van der Waals surface area contributed by atoms with Crippen LogP contribution in [0.4, 0.5) is 0 Å². The Kier molecular flexibility index (Phi) is 5.93. The molecule has 0 aliphatic carbocycles. The average Bonchev–Trinajstić information content (AvgIpc) is 3.87. The Hall–Kier alpha value is -5.78. The molecule has 0 N–H and O–H groups in total. The van der Waals surface area contributed by atoms with Crippen LogP contribution in [0.2, 0.25) is 19.6 Å². The largest absolute Gasteiger partial charge is 0.455 e. The highest BCUT2D eigenvalue weighted by molar-refractivity contribution is 6.88. The summed E-state index contributed by atoms with van der Waals surface area (Å²) >= 11 is 0. The van der Waals surface area contributed by atoms with Gasteiger partial charge in [-0.25, -0.2) is 0 Å². The van der Waals surface area contributed by atoms with Crippen LogP contribution in [-0.2, 0) is 11.1 Å². The number of pyridine rings is 1. The van der Waals surface area contributed by atoms with Gasteiger partial charge in [0.25, 0.3) is 0 Å². The zero-order valence-corrected chi connectivity index (χ0v) is 32.0. The smallest absolute Gasteiger partial charge is 0.364 e. The molecule has 2 aliphatic rings. The van der Waals surface area contributed by atoms with Gasteiger partial charge in [-0.1, -0.05) is 107 Å². The molecule has 3 aromatic heterocycles. The van der Waals surface area contributed by atoms with Gasteiger partial charge in [-0.3, -0.25) is 0 Å². The number of nitrogens with zero attached hydrogens (tertiary/aromatic N) is 3. The van der Waals surface area contributed by atoms with Crippen molar-refractivity contribution in [3.63, 3.8) is 0 Å². The number of aromatic nitrogens is 3. The van der Waals surface area contributed by atoms with E-state index in [9.17, 15) is 0 Å². The Morgan fingerprint density at radius 2 is 1.40 bits per heavy atom. The molecule has 0 saturated heterocycles. The molecule has 1 spiro atoms. The molecule has 1 atom stereocenters. The number of furan rings is 1. The van der Waals surface area contributed by atoms with Crippen molar-refractivity contribution < 1.29 is 13.6 Å². The first-order valence-electron chi connectivity index (χ1n) is 18.8. The molecule has 2 aliphatic heterocycles. The van der Waals surface area contributed by atoms with E-state index in [0.29, 0.717) is 0 Å². The summed E-state index contributed by atoms with van der Waals surface area (Å²) in [5.74, 6) is 1.13. The van der Waals surface area contributed by atoms with Gasteiger partial charge in [-0.2, -0.15) is 4.57 Å². The minimum absolute atomic E-state index is 0.0449. The van der Waals surface area contributed by atoms with Gasteiger partial charge in [0.05, 0.1) is 24.8 Å². The molecule has 0 radical (unpaired) electrons. The van der Waals surface area contributed by atoms with E-state index in [2.05, 4.69) is 194 Å². The summed E-state index contributed by atoms with van der Waals surface area (Å²) in [6.07, 6.45) is 2.49. The highest BCUT2D eigenvalue weighted by atomic mass is 28.3. The van der Waals surface area contributed by atoms with Crippen LogP contribution in [0.1, 0.15) is 37.5 Å². The third-order valence-corrected chi connectivity index (χ3v) is 14.0. The Labute approximate surface area is 310 Å². The molecular formula is C48H41N3OSi+2. The molecule has 0 saturated carbocycles. The number of fused-ring (bicyclic) bond motifs is 18. The van der Waals surface area contributed by atoms with Gasteiger partial charge in [-0.15, -0.1) is 9.13 Å². The fourth-order valence-corrected chi connectivity index (χ4v) is 10.5. The van der Waals surface area contributed by atoms with Crippen molar-refractivity contribution in [2.24, 2.45) is 0 Å². The normalized spacial score (nSPS) is 16.2. The van der Waals surface area contributed by atoms with Crippen molar-refractivity contribution in [1.29, 1.82) is 0 Å². The van der Waals surface area contributed by atoms with Crippen molar-refractivity contribution >= 4 is 57.0 Å². The molecule has 5 heterocycles. The van der Waals surface area contributed by atoms with Crippen LogP contribution in [0.15, 0.2) is 144 Å². The molecule has 256 valence electrons. The van der Waals surface area contributed by atoms with Crippen LogP contribution in [-0.4, -0.2) is 12.6 Å². The van der Waals surface area contributed by atoms with Crippen LogP contribution in [0, 0.1) is 0 Å². The fourth-order valence-electron chi connectivity index (χ4n) is 9.39. The molecule has 6 aromatic carbocycles. The number of hydrogen-bond acceptors (Lipinski definition) is 1. The van der Waals surface area contributed by atoms with Gasteiger partial charge in [0, 0.05) is 27.4 Å². The Morgan fingerprint density at radius 3 is 2.19 bits per heavy atom. The summed E-state index contributed by atoms with van der Waals surface area (Å²) in [5.41, 5.74) is 12.2. The van der Waals surface area contributed by atoms with Gasteiger partial charge in [0.2, 0.25) is 5.69 Å². The molecule has 5 heteroatoms. The van der Waals surface area contributed by atoms with Gasteiger partial charge in [0.15, 0.2) is 22.8 Å². The molecule has 0 amide bonds. The molecule has 11 rings (SSSR count). The maximum Gasteiger partial charge on any atom is 0.364 e. The van der Waals surface area contributed by atoms with E-state index < -0.39 is 13.7 Å². The van der Waals surface area contributed by atoms with Gasteiger partial charge < -0.3 is 4.42 Å². The Morgan fingerprint density at radius 1 is 0.660 bits per heavy atom. The first-order chi connectivity index (χ1) is 25.6. The SMILES string of the molecule is CC(C)(C)c1ccc(-n2c3[n+](c4c5ccccc5ccc42)C2(c4ccccc4-c4ccc([Si](C)(C)C)c[n+]42)c2ccc4c(oc5ccccc54)c2-3)cc1. The summed E-state index contributed by atoms with van der Waals surface area (Å²) in [6, 6.07) is 49.8. The average molecular weight is 704 g/mol. The lowest BCUT2D eigenvalue weighted by atomic mass is 9.87. The fraction of sp³-hybridized carbons (Fsp3) is 0.167. The van der Waals surface area contributed by atoms with Gasteiger partial charge >= 0.3 is 11.5 Å². The molecule has 0 bridgehead atoms. The summed E-state index contributed by atoms with van der Waals surface area (Å²) in [7, 11) is -1.72. The lowest BCUT2D eigenvalue weighted by Crippen LogP contribution is -2.72. The topological polar surface area (TPSA) is 25.8 Å². The minimum Gasteiger partial charge on any atom is -0.455 e. The number of hydrogen-bond donors (Lipinski definition) is 0. The van der Waals surface area contributed by atoms with Crippen LogP contribution in [0.3, 0.4) is 0 Å². The maximum atomic E-state index is 7.02. The zero-order valence-electron chi connectivity index (χ0n) is 31.0. The second kappa shape index (κ2) is 10.2. The van der Waals surface area contributed by atoms with Crippen LogP contribution >= 0.6 is 0 Å².